The largest absolute Gasteiger partial charge is 0.131 e. The molecule has 0 heterocycles. The average Bonchev–Trinajstić information content (AvgIpc) is 2.72. The molecule has 0 N–H and O–H groups in total. The molecule has 1 heteroatoms. The van der Waals surface area contributed by atoms with E-state index < -0.39 is 0 Å². The molecular formula is C26H39P. The predicted molar refractivity (Wildman–Crippen MR) is 126 cm³/mol. The van der Waals surface area contributed by atoms with Crippen molar-refractivity contribution in [1.29, 1.82) is 0 Å². The van der Waals surface area contributed by atoms with E-state index in [-0.39, 0.29) is 0 Å². The Morgan fingerprint density at radius 3 is 1.48 bits per heavy atom. The monoisotopic (exact) mass is 382 g/mol. The first-order valence-corrected chi connectivity index (χ1v) is 11.6. The Morgan fingerprint density at radius 2 is 1.07 bits per heavy atom. The molecule has 0 aromatic heterocycles. The Hall–Kier alpha value is -1.13. The van der Waals surface area contributed by atoms with Crippen LogP contribution in [0.15, 0.2) is 48.5 Å². The minimum absolute atomic E-state index is 0.465. The number of hydrogen-bond donors (Lipinski definition) is 0. The molecule has 0 amide bonds. The summed E-state index contributed by atoms with van der Waals surface area (Å²) >= 11 is 0. The summed E-state index contributed by atoms with van der Waals surface area (Å²) in [6, 6.07) is 18.4. The van der Waals surface area contributed by atoms with Crippen molar-refractivity contribution in [2.24, 2.45) is 0 Å². The normalized spacial score (nSPS) is 11.7. The van der Waals surface area contributed by atoms with E-state index in [4.69, 9.17) is 0 Å². The second kappa shape index (κ2) is 11.7. The summed E-state index contributed by atoms with van der Waals surface area (Å²) in [6.45, 7) is 6.89. The highest BCUT2D eigenvalue weighted by Gasteiger charge is 2.18. The Kier molecular flexibility index (Phi) is 9.57. The fourth-order valence-corrected chi connectivity index (χ4v) is 3.92. The molecule has 0 saturated carbocycles. The summed E-state index contributed by atoms with van der Waals surface area (Å²) < 4.78 is 0. The van der Waals surface area contributed by atoms with Crippen LogP contribution in [0.3, 0.4) is 0 Å². The standard InChI is InChI=1S/C26H39P/c1-4-7-8-11-22-13-17-24(18-14-22)25-19-15-23(16-20-25)12-9-10-21-26(27,5-2)6-3/h13-20H,4-12,21,27H2,1-3H3. The summed E-state index contributed by atoms with van der Waals surface area (Å²) in [6.07, 6.45) is 12.8. The zero-order chi connectivity index (χ0) is 19.5. The Morgan fingerprint density at radius 1 is 0.630 bits per heavy atom. The molecule has 2 rings (SSSR count). The van der Waals surface area contributed by atoms with Crippen molar-refractivity contribution in [2.45, 2.75) is 90.1 Å². The van der Waals surface area contributed by atoms with E-state index in [1.165, 1.54) is 86.5 Å². The van der Waals surface area contributed by atoms with Gasteiger partial charge in [-0.05, 0) is 72.4 Å². The minimum atomic E-state index is 0.465. The summed E-state index contributed by atoms with van der Waals surface area (Å²) in [5.41, 5.74) is 5.60. The van der Waals surface area contributed by atoms with E-state index in [2.05, 4.69) is 78.5 Å². The quantitative estimate of drug-likeness (QED) is 0.256. The van der Waals surface area contributed by atoms with Gasteiger partial charge in [0.15, 0.2) is 0 Å². The van der Waals surface area contributed by atoms with Crippen molar-refractivity contribution in [2.75, 3.05) is 0 Å². The third-order valence-corrected chi connectivity index (χ3v) is 7.21. The Bertz CT molecular complexity index is 635. The van der Waals surface area contributed by atoms with Gasteiger partial charge in [-0.2, -0.15) is 0 Å². The van der Waals surface area contributed by atoms with Gasteiger partial charge in [0.05, 0.1) is 0 Å². The lowest BCUT2D eigenvalue weighted by molar-refractivity contribution is 0.479. The van der Waals surface area contributed by atoms with Crippen LogP contribution in [0.4, 0.5) is 0 Å². The molecule has 0 spiro atoms. The van der Waals surface area contributed by atoms with Gasteiger partial charge in [-0.25, -0.2) is 0 Å². The van der Waals surface area contributed by atoms with Crippen molar-refractivity contribution < 1.29 is 0 Å². The van der Waals surface area contributed by atoms with Crippen molar-refractivity contribution in [1.82, 2.24) is 0 Å². The first-order chi connectivity index (χ1) is 13.1. The molecule has 2 aromatic rings. The van der Waals surface area contributed by atoms with Crippen molar-refractivity contribution in [3.8, 4) is 11.1 Å². The topological polar surface area (TPSA) is 0 Å². The highest BCUT2D eigenvalue weighted by Crippen LogP contribution is 2.32. The van der Waals surface area contributed by atoms with Crippen LogP contribution in [0.25, 0.3) is 11.1 Å². The van der Waals surface area contributed by atoms with Crippen LogP contribution in [0.5, 0.6) is 0 Å². The molecule has 0 bridgehead atoms. The molecule has 0 radical (unpaired) electrons. The third-order valence-electron chi connectivity index (χ3n) is 6.11. The molecule has 0 aliphatic carbocycles. The van der Waals surface area contributed by atoms with Gasteiger partial charge in [0, 0.05) is 0 Å². The van der Waals surface area contributed by atoms with E-state index >= 15 is 0 Å². The van der Waals surface area contributed by atoms with E-state index in [1.807, 2.05) is 0 Å². The lowest BCUT2D eigenvalue weighted by Gasteiger charge is -2.26. The third kappa shape index (κ3) is 7.42. The highest BCUT2D eigenvalue weighted by molar-refractivity contribution is 7.18. The Labute approximate surface area is 170 Å². The zero-order valence-electron chi connectivity index (χ0n) is 17.8. The van der Waals surface area contributed by atoms with Crippen LogP contribution in [0.1, 0.15) is 83.3 Å². The van der Waals surface area contributed by atoms with Gasteiger partial charge in [-0.1, -0.05) is 88.6 Å². The second-order valence-electron chi connectivity index (χ2n) is 8.13. The fourth-order valence-electron chi connectivity index (χ4n) is 3.72. The highest BCUT2D eigenvalue weighted by atomic mass is 31.0. The average molecular weight is 383 g/mol. The number of unbranched alkanes of at least 4 members (excludes halogenated alkanes) is 3. The molecule has 2 aromatic carbocycles. The molecule has 0 aliphatic rings. The van der Waals surface area contributed by atoms with Crippen LogP contribution in [0, 0.1) is 0 Å². The van der Waals surface area contributed by atoms with Crippen LogP contribution < -0.4 is 0 Å². The van der Waals surface area contributed by atoms with Crippen LogP contribution in [0.2, 0.25) is 0 Å². The van der Waals surface area contributed by atoms with Gasteiger partial charge in [-0.15, -0.1) is 9.24 Å². The first kappa shape index (κ1) is 22.2. The molecular weight excluding hydrogens is 343 g/mol. The van der Waals surface area contributed by atoms with Gasteiger partial charge in [0.25, 0.3) is 0 Å². The molecule has 27 heavy (non-hydrogen) atoms. The van der Waals surface area contributed by atoms with Crippen molar-refractivity contribution in [3.05, 3.63) is 59.7 Å². The van der Waals surface area contributed by atoms with E-state index in [0.717, 1.165) is 0 Å². The molecule has 0 aliphatic heterocycles. The van der Waals surface area contributed by atoms with Crippen molar-refractivity contribution in [3.63, 3.8) is 0 Å². The number of aryl methyl sites for hydroxylation is 2. The van der Waals surface area contributed by atoms with E-state index in [0.29, 0.717) is 5.16 Å². The van der Waals surface area contributed by atoms with Gasteiger partial charge in [0.2, 0.25) is 0 Å². The van der Waals surface area contributed by atoms with Crippen LogP contribution in [-0.2, 0) is 12.8 Å². The summed E-state index contributed by atoms with van der Waals surface area (Å²) in [5, 5.41) is 0.465. The Balaban J connectivity index is 1.82. The molecule has 148 valence electrons. The molecule has 1 atom stereocenters. The molecule has 0 fully saturated rings. The predicted octanol–water partition coefficient (Wildman–Crippen LogP) is 8.23. The summed E-state index contributed by atoms with van der Waals surface area (Å²) in [4.78, 5) is 0. The van der Waals surface area contributed by atoms with E-state index in [9.17, 15) is 0 Å². The van der Waals surface area contributed by atoms with Gasteiger partial charge in [0.1, 0.15) is 0 Å². The lowest BCUT2D eigenvalue weighted by atomic mass is 9.93. The smallest absolute Gasteiger partial charge is 0.0155 e. The number of rotatable bonds is 12. The first-order valence-electron chi connectivity index (χ1n) is 11.1. The summed E-state index contributed by atoms with van der Waals surface area (Å²) in [7, 11) is 3.10. The molecule has 0 saturated heterocycles. The van der Waals surface area contributed by atoms with Gasteiger partial charge < -0.3 is 0 Å². The van der Waals surface area contributed by atoms with Gasteiger partial charge >= 0.3 is 0 Å². The number of benzene rings is 2. The fraction of sp³-hybridized carbons (Fsp3) is 0.538. The lowest BCUT2D eigenvalue weighted by Crippen LogP contribution is -2.17. The van der Waals surface area contributed by atoms with E-state index in [1.54, 1.807) is 0 Å². The maximum atomic E-state index is 3.10. The van der Waals surface area contributed by atoms with Crippen molar-refractivity contribution >= 4 is 9.24 Å². The minimum Gasteiger partial charge on any atom is -0.131 e. The maximum absolute atomic E-state index is 3.10. The SMILES string of the molecule is CCCCCc1ccc(-c2ccc(CCCCC(P)(CC)CC)cc2)cc1. The number of hydrogen-bond acceptors (Lipinski definition) is 0. The maximum Gasteiger partial charge on any atom is -0.0155 e. The molecule has 0 nitrogen and oxygen atoms in total. The van der Waals surface area contributed by atoms with Gasteiger partial charge in [-0.3, -0.25) is 0 Å². The zero-order valence-corrected chi connectivity index (χ0v) is 18.9. The van der Waals surface area contributed by atoms with Crippen LogP contribution in [-0.4, -0.2) is 5.16 Å². The summed E-state index contributed by atoms with van der Waals surface area (Å²) in [5.74, 6) is 0. The molecule has 1 unspecified atom stereocenters. The van der Waals surface area contributed by atoms with Crippen LogP contribution >= 0.6 is 9.24 Å². The second-order valence-corrected chi connectivity index (χ2v) is 9.35.